The van der Waals surface area contributed by atoms with Crippen molar-refractivity contribution in [2.45, 2.75) is 57.4 Å². The van der Waals surface area contributed by atoms with E-state index in [1.165, 1.54) is 47.5 Å². The highest BCUT2D eigenvalue weighted by atomic mass is 32.2. The minimum Gasteiger partial charge on any atom is -0.314 e. The van der Waals surface area contributed by atoms with Gasteiger partial charge in [-0.25, -0.2) is 0 Å². The normalized spacial score (nSPS) is 22.9. The van der Waals surface area contributed by atoms with Gasteiger partial charge in [-0.05, 0) is 63.0 Å². The SMILES string of the molecule is CCNC1CCCC1CCSc1cc(C)ccc1C. The first kappa shape index (κ1) is 14.9. The van der Waals surface area contributed by atoms with E-state index in [4.69, 9.17) is 0 Å². The molecule has 19 heavy (non-hydrogen) atoms. The summed E-state index contributed by atoms with van der Waals surface area (Å²) in [5.41, 5.74) is 2.80. The van der Waals surface area contributed by atoms with Crippen LogP contribution in [0.15, 0.2) is 23.1 Å². The lowest BCUT2D eigenvalue weighted by Crippen LogP contribution is -2.32. The number of aryl methyl sites for hydroxylation is 2. The van der Waals surface area contributed by atoms with E-state index in [-0.39, 0.29) is 0 Å². The van der Waals surface area contributed by atoms with Gasteiger partial charge in [0.25, 0.3) is 0 Å². The Morgan fingerprint density at radius 1 is 1.26 bits per heavy atom. The summed E-state index contributed by atoms with van der Waals surface area (Å²) in [6.07, 6.45) is 5.57. The maximum Gasteiger partial charge on any atom is 0.0104 e. The number of hydrogen-bond acceptors (Lipinski definition) is 2. The quantitative estimate of drug-likeness (QED) is 0.765. The molecule has 0 heterocycles. The monoisotopic (exact) mass is 277 g/mol. The predicted octanol–water partition coefficient (Wildman–Crippen LogP) is 4.56. The van der Waals surface area contributed by atoms with Crippen molar-refractivity contribution in [2.24, 2.45) is 5.92 Å². The van der Waals surface area contributed by atoms with E-state index in [0.717, 1.165) is 18.5 Å². The molecule has 1 aromatic carbocycles. The molecule has 2 unspecified atom stereocenters. The Bertz CT molecular complexity index is 402. The Morgan fingerprint density at radius 3 is 2.89 bits per heavy atom. The van der Waals surface area contributed by atoms with Gasteiger partial charge >= 0.3 is 0 Å². The lowest BCUT2D eigenvalue weighted by atomic mass is 10.0. The predicted molar refractivity (Wildman–Crippen MR) is 86.1 cm³/mol. The average Bonchev–Trinajstić information content (AvgIpc) is 2.82. The van der Waals surface area contributed by atoms with Crippen LogP contribution in [0.2, 0.25) is 0 Å². The molecule has 2 atom stereocenters. The van der Waals surface area contributed by atoms with E-state index in [0.29, 0.717) is 0 Å². The molecule has 2 heteroatoms. The Morgan fingerprint density at radius 2 is 2.11 bits per heavy atom. The van der Waals surface area contributed by atoms with Crippen molar-refractivity contribution in [3.63, 3.8) is 0 Å². The molecule has 1 N–H and O–H groups in total. The van der Waals surface area contributed by atoms with Crippen LogP contribution in [0.4, 0.5) is 0 Å². The van der Waals surface area contributed by atoms with Gasteiger partial charge in [-0.2, -0.15) is 0 Å². The van der Waals surface area contributed by atoms with Crippen molar-refractivity contribution in [3.8, 4) is 0 Å². The molecule has 1 fully saturated rings. The third-order valence-corrected chi connectivity index (χ3v) is 5.41. The molecule has 0 amide bonds. The summed E-state index contributed by atoms with van der Waals surface area (Å²) in [5, 5.41) is 3.65. The molecule has 1 aliphatic rings. The maximum absolute atomic E-state index is 3.65. The van der Waals surface area contributed by atoms with E-state index in [2.05, 4.69) is 44.3 Å². The first-order valence-electron chi connectivity index (χ1n) is 7.64. The Balaban J connectivity index is 1.81. The topological polar surface area (TPSA) is 12.0 Å². The average molecular weight is 277 g/mol. The molecule has 0 saturated heterocycles. The molecule has 0 aromatic heterocycles. The standard InChI is InChI=1S/C17H27NS/c1-4-18-16-7-5-6-15(16)10-11-19-17-12-13(2)8-9-14(17)3/h8-9,12,15-16,18H,4-7,10-11H2,1-3H3. The molecule has 1 saturated carbocycles. The van der Waals surface area contributed by atoms with Gasteiger partial charge in [0.2, 0.25) is 0 Å². The third kappa shape index (κ3) is 4.25. The fourth-order valence-electron chi connectivity index (χ4n) is 3.10. The van der Waals surface area contributed by atoms with Crippen LogP contribution in [-0.4, -0.2) is 18.3 Å². The smallest absolute Gasteiger partial charge is 0.0104 e. The summed E-state index contributed by atoms with van der Waals surface area (Å²) in [6, 6.07) is 7.56. The van der Waals surface area contributed by atoms with E-state index in [1.54, 1.807) is 0 Å². The molecule has 0 spiro atoms. The van der Waals surface area contributed by atoms with Gasteiger partial charge in [-0.1, -0.05) is 31.0 Å². The Kier molecular flexibility index (Phi) is 5.77. The van der Waals surface area contributed by atoms with Crippen molar-refractivity contribution < 1.29 is 0 Å². The molecular formula is C17H27NS. The number of rotatable bonds is 6. The van der Waals surface area contributed by atoms with Crippen molar-refractivity contribution in [2.75, 3.05) is 12.3 Å². The zero-order valence-corrected chi connectivity index (χ0v) is 13.4. The molecule has 1 aromatic rings. The van der Waals surface area contributed by atoms with Crippen LogP contribution in [0, 0.1) is 19.8 Å². The Labute approximate surface area is 122 Å². The highest BCUT2D eigenvalue weighted by molar-refractivity contribution is 7.99. The van der Waals surface area contributed by atoms with E-state index in [1.807, 2.05) is 11.8 Å². The van der Waals surface area contributed by atoms with Crippen molar-refractivity contribution in [1.82, 2.24) is 5.32 Å². The first-order valence-corrected chi connectivity index (χ1v) is 8.62. The largest absolute Gasteiger partial charge is 0.314 e. The van der Waals surface area contributed by atoms with Crippen LogP contribution in [-0.2, 0) is 0 Å². The van der Waals surface area contributed by atoms with Gasteiger partial charge in [-0.3, -0.25) is 0 Å². The second-order valence-corrected chi connectivity index (χ2v) is 6.90. The fourth-order valence-corrected chi connectivity index (χ4v) is 4.30. The molecule has 106 valence electrons. The summed E-state index contributed by atoms with van der Waals surface area (Å²) in [4.78, 5) is 1.47. The lowest BCUT2D eigenvalue weighted by molar-refractivity contribution is 0.400. The third-order valence-electron chi connectivity index (χ3n) is 4.22. The minimum absolute atomic E-state index is 0.782. The zero-order valence-electron chi connectivity index (χ0n) is 12.5. The lowest BCUT2D eigenvalue weighted by Gasteiger charge is -2.20. The second-order valence-electron chi connectivity index (χ2n) is 5.76. The molecular weight excluding hydrogens is 250 g/mol. The number of benzene rings is 1. The van der Waals surface area contributed by atoms with E-state index < -0.39 is 0 Å². The van der Waals surface area contributed by atoms with Gasteiger partial charge < -0.3 is 5.32 Å². The number of hydrogen-bond donors (Lipinski definition) is 1. The second kappa shape index (κ2) is 7.35. The summed E-state index contributed by atoms with van der Waals surface area (Å²) in [7, 11) is 0. The van der Waals surface area contributed by atoms with Crippen molar-refractivity contribution >= 4 is 11.8 Å². The summed E-state index contributed by atoms with van der Waals surface area (Å²) in [6.45, 7) is 7.74. The van der Waals surface area contributed by atoms with Crippen molar-refractivity contribution in [3.05, 3.63) is 29.3 Å². The summed E-state index contributed by atoms with van der Waals surface area (Å²) >= 11 is 2.04. The van der Waals surface area contributed by atoms with E-state index in [9.17, 15) is 0 Å². The number of thioether (sulfide) groups is 1. The van der Waals surface area contributed by atoms with Gasteiger partial charge in [0.15, 0.2) is 0 Å². The molecule has 1 aliphatic carbocycles. The molecule has 1 nitrogen and oxygen atoms in total. The molecule has 0 bridgehead atoms. The summed E-state index contributed by atoms with van der Waals surface area (Å²) in [5.74, 6) is 2.16. The fraction of sp³-hybridized carbons (Fsp3) is 0.647. The van der Waals surface area contributed by atoms with E-state index >= 15 is 0 Å². The van der Waals surface area contributed by atoms with Crippen LogP contribution < -0.4 is 5.32 Å². The number of nitrogens with one attached hydrogen (secondary N) is 1. The highest BCUT2D eigenvalue weighted by Gasteiger charge is 2.25. The summed E-state index contributed by atoms with van der Waals surface area (Å²) < 4.78 is 0. The van der Waals surface area contributed by atoms with Crippen LogP contribution in [0.3, 0.4) is 0 Å². The molecule has 0 aliphatic heterocycles. The van der Waals surface area contributed by atoms with Gasteiger partial charge in [0, 0.05) is 10.9 Å². The molecule has 0 radical (unpaired) electrons. The van der Waals surface area contributed by atoms with Crippen LogP contribution in [0.1, 0.15) is 43.7 Å². The maximum atomic E-state index is 3.65. The van der Waals surface area contributed by atoms with Crippen LogP contribution in [0.5, 0.6) is 0 Å². The van der Waals surface area contributed by atoms with Crippen LogP contribution >= 0.6 is 11.8 Å². The zero-order chi connectivity index (χ0) is 13.7. The van der Waals surface area contributed by atoms with Gasteiger partial charge in [0.05, 0.1) is 0 Å². The minimum atomic E-state index is 0.782. The van der Waals surface area contributed by atoms with Gasteiger partial charge in [-0.15, -0.1) is 11.8 Å². The first-order chi connectivity index (χ1) is 9.20. The van der Waals surface area contributed by atoms with Gasteiger partial charge in [0.1, 0.15) is 0 Å². The molecule has 2 rings (SSSR count). The Hall–Kier alpha value is -0.470. The van der Waals surface area contributed by atoms with Crippen LogP contribution in [0.25, 0.3) is 0 Å². The van der Waals surface area contributed by atoms with Crippen molar-refractivity contribution in [1.29, 1.82) is 0 Å². The highest BCUT2D eigenvalue weighted by Crippen LogP contribution is 2.32.